The molecule has 0 atom stereocenters. The van der Waals surface area contributed by atoms with Crippen molar-refractivity contribution in [2.75, 3.05) is 18.5 Å². The van der Waals surface area contributed by atoms with Gasteiger partial charge in [0.25, 0.3) is 11.1 Å². The van der Waals surface area contributed by atoms with Gasteiger partial charge in [-0.15, -0.1) is 6.42 Å². The molecule has 7 heteroatoms. The maximum Gasteiger partial charge on any atom is 0.294 e. The third-order valence-electron chi connectivity index (χ3n) is 5.48. The summed E-state index contributed by atoms with van der Waals surface area (Å²) in [7, 11) is 0. The van der Waals surface area contributed by atoms with Crippen LogP contribution in [0.3, 0.4) is 0 Å². The molecule has 0 saturated carbocycles. The zero-order valence-electron chi connectivity index (χ0n) is 18.8. The van der Waals surface area contributed by atoms with Gasteiger partial charge in [0.2, 0.25) is 5.91 Å². The molecule has 1 aliphatic heterocycles. The quantitative estimate of drug-likeness (QED) is 0.399. The molecule has 0 spiro atoms. The maximum atomic E-state index is 13.0. The zero-order chi connectivity index (χ0) is 24.2. The summed E-state index contributed by atoms with van der Waals surface area (Å²) in [5.41, 5.74) is 3.40. The Labute approximate surface area is 202 Å². The van der Waals surface area contributed by atoms with Crippen molar-refractivity contribution in [3.63, 3.8) is 0 Å². The minimum absolute atomic E-state index is 0.0688. The van der Waals surface area contributed by atoms with Crippen molar-refractivity contribution in [1.29, 1.82) is 0 Å². The number of aryl methyl sites for hydroxylation is 2. The number of anilines is 1. The van der Waals surface area contributed by atoms with Crippen LogP contribution in [0.5, 0.6) is 5.75 Å². The van der Waals surface area contributed by atoms with Crippen molar-refractivity contribution in [3.8, 4) is 18.1 Å². The van der Waals surface area contributed by atoms with Gasteiger partial charge in [-0.3, -0.25) is 19.3 Å². The summed E-state index contributed by atoms with van der Waals surface area (Å²) in [6, 6.07) is 16.9. The fourth-order valence-electron chi connectivity index (χ4n) is 3.60. The van der Waals surface area contributed by atoms with Crippen LogP contribution >= 0.6 is 11.8 Å². The first kappa shape index (κ1) is 23.1. The van der Waals surface area contributed by atoms with Crippen LogP contribution in [0.4, 0.5) is 10.5 Å². The minimum Gasteiger partial charge on any atom is -0.480 e. The predicted molar refractivity (Wildman–Crippen MR) is 135 cm³/mol. The smallest absolute Gasteiger partial charge is 0.294 e. The zero-order valence-corrected chi connectivity index (χ0v) is 19.6. The van der Waals surface area contributed by atoms with Gasteiger partial charge in [-0.2, -0.15) is 0 Å². The summed E-state index contributed by atoms with van der Waals surface area (Å²) < 4.78 is 5.68. The molecular formula is C27H22N2O4S. The molecule has 3 amide bonds. The number of benzene rings is 3. The summed E-state index contributed by atoms with van der Waals surface area (Å²) in [5, 5.41) is 4.05. The van der Waals surface area contributed by atoms with Gasteiger partial charge in [0.1, 0.15) is 18.9 Å². The molecule has 6 nitrogen and oxygen atoms in total. The lowest BCUT2D eigenvalue weighted by Gasteiger charge is -2.13. The Morgan fingerprint density at radius 3 is 2.68 bits per heavy atom. The number of nitrogens with zero attached hydrogens (tertiary/aromatic N) is 1. The molecule has 0 aromatic heterocycles. The Balaban J connectivity index is 1.58. The van der Waals surface area contributed by atoms with Crippen molar-refractivity contribution < 1.29 is 19.1 Å². The van der Waals surface area contributed by atoms with Crippen molar-refractivity contribution in [2.24, 2.45) is 0 Å². The highest BCUT2D eigenvalue weighted by molar-refractivity contribution is 8.18. The van der Waals surface area contributed by atoms with Crippen LogP contribution < -0.4 is 10.1 Å². The highest BCUT2D eigenvalue weighted by Gasteiger charge is 2.36. The minimum atomic E-state index is -0.527. The summed E-state index contributed by atoms with van der Waals surface area (Å²) in [4.78, 5) is 39.3. The van der Waals surface area contributed by atoms with E-state index in [-0.39, 0.29) is 18.1 Å². The van der Waals surface area contributed by atoms with E-state index in [9.17, 15) is 14.4 Å². The lowest BCUT2D eigenvalue weighted by molar-refractivity contribution is -0.127. The largest absolute Gasteiger partial charge is 0.480 e. The Morgan fingerprint density at radius 1 is 1.12 bits per heavy atom. The molecule has 4 rings (SSSR count). The number of imide groups is 1. The van der Waals surface area contributed by atoms with Gasteiger partial charge in [0.05, 0.1) is 4.91 Å². The van der Waals surface area contributed by atoms with E-state index in [1.807, 2.05) is 56.3 Å². The summed E-state index contributed by atoms with van der Waals surface area (Å²) in [6.07, 6.45) is 6.97. The van der Waals surface area contributed by atoms with Gasteiger partial charge < -0.3 is 10.1 Å². The van der Waals surface area contributed by atoms with Gasteiger partial charge in [-0.05, 0) is 71.8 Å². The second-order valence-corrected chi connectivity index (χ2v) is 8.80. The van der Waals surface area contributed by atoms with Crippen molar-refractivity contribution in [2.45, 2.75) is 13.8 Å². The molecule has 1 fully saturated rings. The third-order valence-corrected chi connectivity index (χ3v) is 6.39. The lowest BCUT2D eigenvalue weighted by Crippen LogP contribution is -2.36. The van der Waals surface area contributed by atoms with Crippen LogP contribution in [0.25, 0.3) is 16.8 Å². The van der Waals surface area contributed by atoms with Gasteiger partial charge in [-0.1, -0.05) is 42.3 Å². The van der Waals surface area contributed by atoms with Crippen molar-refractivity contribution >= 4 is 51.4 Å². The fraction of sp³-hybridized carbons (Fsp3) is 0.148. The van der Waals surface area contributed by atoms with Gasteiger partial charge in [0.15, 0.2) is 0 Å². The number of ether oxygens (including phenoxy) is 1. The summed E-state index contributed by atoms with van der Waals surface area (Å²) in [6.45, 7) is 3.62. The Morgan fingerprint density at radius 2 is 1.91 bits per heavy atom. The summed E-state index contributed by atoms with van der Waals surface area (Å²) >= 11 is 0.793. The summed E-state index contributed by atoms with van der Waals surface area (Å²) in [5.74, 6) is 1.97. The number of rotatable bonds is 6. The van der Waals surface area contributed by atoms with E-state index in [0.717, 1.165) is 38.6 Å². The van der Waals surface area contributed by atoms with E-state index >= 15 is 0 Å². The van der Waals surface area contributed by atoms with Crippen LogP contribution in [-0.2, 0) is 9.59 Å². The molecule has 0 unspecified atom stereocenters. The number of hydrogen-bond acceptors (Lipinski definition) is 5. The molecule has 0 aliphatic carbocycles. The van der Waals surface area contributed by atoms with E-state index in [0.29, 0.717) is 17.0 Å². The third kappa shape index (κ3) is 4.82. The molecule has 0 bridgehead atoms. The number of carbonyl (C=O) groups is 3. The standard InChI is InChI=1S/C27H22N2O4S/c1-4-13-33-23-12-10-19-7-5-6-8-21(19)22(23)15-24-26(31)29(27(32)34-24)16-25(30)28-20-11-9-17(2)18(3)14-20/h1,5-12,14-15H,13,16H2,2-3H3,(H,28,30)/b24-15+. The highest BCUT2D eigenvalue weighted by atomic mass is 32.2. The number of nitrogens with one attached hydrogen (secondary N) is 1. The number of terminal acetylenes is 1. The number of amides is 3. The molecule has 34 heavy (non-hydrogen) atoms. The van der Waals surface area contributed by atoms with Crippen molar-refractivity contribution in [3.05, 3.63) is 76.2 Å². The first-order valence-corrected chi connectivity index (χ1v) is 11.4. The van der Waals surface area contributed by atoms with Crippen LogP contribution in [0.2, 0.25) is 0 Å². The van der Waals surface area contributed by atoms with Gasteiger partial charge in [0, 0.05) is 11.3 Å². The van der Waals surface area contributed by atoms with Crippen LogP contribution in [0.1, 0.15) is 16.7 Å². The van der Waals surface area contributed by atoms with Gasteiger partial charge in [-0.25, -0.2) is 0 Å². The highest BCUT2D eigenvalue weighted by Crippen LogP contribution is 2.36. The number of hydrogen-bond donors (Lipinski definition) is 1. The average Bonchev–Trinajstić information content (AvgIpc) is 3.08. The topological polar surface area (TPSA) is 75.7 Å². The number of carbonyl (C=O) groups excluding carboxylic acids is 3. The molecule has 3 aromatic rings. The van der Waals surface area contributed by atoms with Gasteiger partial charge >= 0.3 is 0 Å². The van der Waals surface area contributed by atoms with E-state index in [2.05, 4.69) is 11.2 Å². The van der Waals surface area contributed by atoms with Crippen LogP contribution in [0, 0.1) is 26.2 Å². The van der Waals surface area contributed by atoms with Crippen LogP contribution in [-0.4, -0.2) is 35.1 Å². The second-order valence-electron chi connectivity index (χ2n) is 7.81. The van der Waals surface area contributed by atoms with E-state index < -0.39 is 17.1 Å². The number of fused-ring (bicyclic) bond motifs is 1. The normalized spacial score (nSPS) is 14.5. The SMILES string of the molecule is C#CCOc1ccc2ccccc2c1/C=C1/SC(=O)N(CC(=O)Nc2ccc(C)c(C)c2)C1=O. The van der Waals surface area contributed by atoms with Crippen molar-refractivity contribution in [1.82, 2.24) is 4.90 Å². The van der Waals surface area contributed by atoms with E-state index in [1.165, 1.54) is 0 Å². The molecule has 3 aromatic carbocycles. The fourth-order valence-corrected chi connectivity index (χ4v) is 4.42. The van der Waals surface area contributed by atoms with E-state index in [1.54, 1.807) is 18.2 Å². The first-order valence-electron chi connectivity index (χ1n) is 10.6. The molecule has 0 radical (unpaired) electrons. The molecule has 1 saturated heterocycles. The van der Waals surface area contributed by atoms with E-state index in [4.69, 9.17) is 11.2 Å². The Kier molecular flexibility index (Phi) is 6.71. The first-order chi connectivity index (χ1) is 16.4. The average molecular weight is 471 g/mol. The second kappa shape index (κ2) is 9.86. The lowest BCUT2D eigenvalue weighted by atomic mass is 10.0. The molecule has 1 aliphatic rings. The predicted octanol–water partition coefficient (Wildman–Crippen LogP) is 5.14. The molecular weight excluding hydrogens is 448 g/mol. The monoisotopic (exact) mass is 470 g/mol. The molecule has 1 N–H and O–H groups in total. The Hall–Kier alpha value is -4.02. The molecule has 1 heterocycles. The number of thioether (sulfide) groups is 1. The maximum absolute atomic E-state index is 13.0. The Bertz CT molecular complexity index is 1390. The van der Waals surface area contributed by atoms with Crippen LogP contribution in [0.15, 0.2) is 59.5 Å². The molecule has 170 valence electrons.